The van der Waals surface area contributed by atoms with Crippen LogP contribution in [0.2, 0.25) is 0 Å². The third kappa shape index (κ3) is 3.16. The number of nitrogens with one attached hydrogen (secondary N) is 1. The number of hydrogen-bond acceptors (Lipinski definition) is 3. The van der Waals surface area contributed by atoms with Crippen molar-refractivity contribution in [3.8, 4) is 0 Å². The monoisotopic (exact) mass is 212 g/mol. The van der Waals surface area contributed by atoms with Crippen molar-refractivity contribution in [2.45, 2.75) is 44.2 Å². The van der Waals surface area contributed by atoms with Gasteiger partial charge in [0.25, 0.3) is 0 Å². The third-order valence-corrected chi connectivity index (χ3v) is 3.65. The fraction of sp³-hybridized carbons (Fsp3) is 1.00. The molecule has 0 bridgehead atoms. The molecule has 0 aliphatic carbocycles. The number of hydrogen-bond donors (Lipinski definition) is 1. The third-order valence-electron chi connectivity index (χ3n) is 3.65. The number of likely N-dealkylation sites (N-methyl/N-ethyl adjacent to an activating group) is 1. The molecule has 2 fully saturated rings. The number of likely N-dealkylation sites (tertiary alicyclic amines) is 1. The van der Waals surface area contributed by atoms with E-state index in [1.807, 2.05) is 0 Å². The molecule has 3 heteroatoms. The summed E-state index contributed by atoms with van der Waals surface area (Å²) < 4.78 is 5.72. The van der Waals surface area contributed by atoms with Crippen molar-refractivity contribution in [3.63, 3.8) is 0 Å². The van der Waals surface area contributed by atoms with E-state index in [-0.39, 0.29) is 0 Å². The zero-order valence-electron chi connectivity index (χ0n) is 9.87. The van der Waals surface area contributed by atoms with Gasteiger partial charge in [-0.25, -0.2) is 0 Å². The molecule has 0 amide bonds. The van der Waals surface area contributed by atoms with Crippen molar-refractivity contribution in [2.24, 2.45) is 0 Å². The molecule has 0 spiro atoms. The van der Waals surface area contributed by atoms with Crippen LogP contribution in [0.15, 0.2) is 0 Å². The van der Waals surface area contributed by atoms with Gasteiger partial charge in [0.2, 0.25) is 0 Å². The Morgan fingerprint density at radius 3 is 2.93 bits per heavy atom. The van der Waals surface area contributed by atoms with Crippen molar-refractivity contribution in [1.29, 1.82) is 0 Å². The predicted molar refractivity (Wildman–Crippen MR) is 62.1 cm³/mol. The van der Waals surface area contributed by atoms with Gasteiger partial charge in [-0.15, -0.1) is 0 Å². The Hall–Kier alpha value is -0.120. The summed E-state index contributed by atoms with van der Waals surface area (Å²) in [5.41, 5.74) is 0. The Morgan fingerprint density at radius 1 is 1.27 bits per heavy atom. The van der Waals surface area contributed by atoms with Crippen molar-refractivity contribution < 1.29 is 4.74 Å². The van der Waals surface area contributed by atoms with Crippen LogP contribution in [0.5, 0.6) is 0 Å². The lowest BCUT2D eigenvalue weighted by Crippen LogP contribution is -2.47. The zero-order valence-corrected chi connectivity index (χ0v) is 9.87. The van der Waals surface area contributed by atoms with Crippen LogP contribution < -0.4 is 5.32 Å². The molecule has 88 valence electrons. The standard InChI is InChI=1S/C12H24N2O/c1-13-9-11-5-2-3-7-14(11)10-12-6-4-8-15-12/h11-13H,2-10H2,1H3. The van der Waals surface area contributed by atoms with E-state index in [1.54, 1.807) is 0 Å². The van der Waals surface area contributed by atoms with Crippen LogP contribution in [0.4, 0.5) is 0 Å². The second kappa shape index (κ2) is 5.83. The molecule has 2 rings (SSSR count). The molecule has 2 unspecified atom stereocenters. The minimum atomic E-state index is 0.516. The Kier molecular flexibility index (Phi) is 4.42. The molecule has 0 aromatic heterocycles. The largest absolute Gasteiger partial charge is 0.377 e. The van der Waals surface area contributed by atoms with Gasteiger partial charge in [0.05, 0.1) is 6.10 Å². The summed E-state index contributed by atoms with van der Waals surface area (Å²) in [5, 5.41) is 3.31. The molecule has 0 saturated carbocycles. The van der Waals surface area contributed by atoms with Crippen LogP contribution >= 0.6 is 0 Å². The molecule has 0 aromatic carbocycles. The molecular weight excluding hydrogens is 188 g/mol. The molecule has 0 aromatic rings. The Morgan fingerprint density at radius 2 is 2.20 bits per heavy atom. The molecule has 2 heterocycles. The summed E-state index contributed by atoms with van der Waals surface area (Å²) in [6, 6.07) is 0.743. The van der Waals surface area contributed by atoms with Crippen molar-refractivity contribution in [3.05, 3.63) is 0 Å². The number of ether oxygens (including phenoxy) is 1. The average Bonchev–Trinajstić information content (AvgIpc) is 2.74. The van der Waals surface area contributed by atoms with Gasteiger partial charge in [-0.05, 0) is 39.3 Å². The minimum Gasteiger partial charge on any atom is -0.377 e. The molecular formula is C12H24N2O. The number of nitrogens with zero attached hydrogens (tertiary/aromatic N) is 1. The van der Waals surface area contributed by atoms with E-state index in [2.05, 4.69) is 17.3 Å². The fourth-order valence-corrected chi connectivity index (χ4v) is 2.82. The molecule has 15 heavy (non-hydrogen) atoms. The van der Waals surface area contributed by atoms with E-state index in [9.17, 15) is 0 Å². The van der Waals surface area contributed by atoms with Gasteiger partial charge in [-0.1, -0.05) is 6.42 Å². The predicted octanol–water partition coefficient (Wildman–Crippen LogP) is 1.24. The lowest BCUT2D eigenvalue weighted by Gasteiger charge is -2.36. The smallest absolute Gasteiger partial charge is 0.0702 e. The van der Waals surface area contributed by atoms with E-state index in [0.717, 1.165) is 25.7 Å². The molecule has 2 saturated heterocycles. The second-order valence-electron chi connectivity index (χ2n) is 4.84. The van der Waals surface area contributed by atoms with Crippen LogP contribution in [-0.4, -0.2) is 50.3 Å². The van der Waals surface area contributed by atoms with Gasteiger partial charge >= 0.3 is 0 Å². The summed E-state index contributed by atoms with van der Waals surface area (Å²) in [6.07, 6.45) is 7.16. The van der Waals surface area contributed by atoms with Crippen LogP contribution in [0.1, 0.15) is 32.1 Å². The van der Waals surface area contributed by atoms with Crippen LogP contribution in [0.3, 0.4) is 0 Å². The summed E-state index contributed by atoms with van der Waals surface area (Å²) in [5.74, 6) is 0. The Bertz CT molecular complexity index is 178. The van der Waals surface area contributed by atoms with E-state index in [4.69, 9.17) is 4.74 Å². The second-order valence-corrected chi connectivity index (χ2v) is 4.84. The molecule has 0 radical (unpaired) electrons. The SMILES string of the molecule is CNCC1CCCCN1CC1CCCO1. The zero-order chi connectivity index (χ0) is 10.5. The maximum atomic E-state index is 5.72. The highest BCUT2D eigenvalue weighted by Crippen LogP contribution is 2.20. The highest BCUT2D eigenvalue weighted by Gasteiger charge is 2.26. The van der Waals surface area contributed by atoms with Gasteiger partial charge in [-0.2, -0.15) is 0 Å². The maximum Gasteiger partial charge on any atom is 0.0702 e. The van der Waals surface area contributed by atoms with Gasteiger partial charge in [0.15, 0.2) is 0 Å². The summed E-state index contributed by atoms with van der Waals surface area (Å²) in [4.78, 5) is 2.63. The van der Waals surface area contributed by atoms with E-state index < -0.39 is 0 Å². The molecule has 1 N–H and O–H groups in total. The molecule has 2 aliphatic heterocycles. The van der Waals surface area contributed by atoms with Gasteiger partial charge in [0, 0.05) is 25.7 Å². The van der Waals surface area contributed by atoms with E-state index in [0.29, 0.717) is 6.10 Å². The first kappa shape index (κ1) is 11.4. The maximum absolute atomic E-state index is 5.72. The normalized spacial score (nSPS) is 33.4. The first-order chi connectivity index (χ1) is 7.40. The molecule has 2 aliphatic rings. The van der Waals surface area contributed by atoms with Crippen molar-refractivity contribution >= 4 is 0 Å². The first-order valence-electron chi connectivity index (χ1n) is 6.40. The first-order valence-corrected chi connectivity index (χ1v) is 6.40. The van der Waals surface area contributed by atoms with E-state index in [1.165, 1.54) is 38.6 Å². The minimum absolute atomic E-state index is 0.516. The lowest BCUT2D eigenvalue weighted by molar-refractivity contribution is 0.0447. The number of rotatable bonds is 4. The Labute approximate surface area is 93.2 Å². The quantitative estimate of drug-likeness (QED) is 0.759. The van der Waals surface area contributed by atoms with Gasteiger partial charge < -0.3 is 10.1 Å². The molecule has 2 atom stereocenters. The van der Waals surface area contributed by atoms with E-state index >= 15 is 0 Å². The highest BCUT2D eigenvalue weighted by molar-refractivity contribution is 4.81. The van der Waals surface area contributed by atoms with Crippen LogP contribution in [-0.2, 0) is 4.74 Å². The van der Waals surface area contributed by atoms with Crippen molar-refractivity contribution in [2.75, 3.05) is 33.3 Å². The Balaban J connectivity index is 1.80. The van der Waals surface area contributed by atoms with Crippen molar-refractivity contribution in [1.82, 2.24) is 10.2 Å². The van der Waals surface area contributed by atoms with Crippen LogP contribution in [0.25, 0.3) is 0 Å². The summed E-state index contributed by atoms with van der Waals surface area (Å²) in [6.45, 7) is 4.54. The van der Waals surface area contributed by atoms with Gasteiger partial charge in [0.1, 0.15) is 0 Å². The van der Waals surface area contributed by atoms with Crippen LogP contribution in [0, 0.1) is 0 Å². The summed E-state index contributed by atoms with van der Waals surface area (Å²) in [7, 11) is 2.05. The van der Waals surface area contributed by atoms with Gasteiger partial charge in [-0.3, -0.25) is 4.90 Å². The topological polar surface area (TPSA) is 24.5 Å². The lowest BCUT2D eigenvalue weighted by atomic mass is 10.0. The summed E-state index contributed by atoms with van der Waals surface area (Å²) >= 11 is 0. The molecule has 3 nitrogen and oxygen atoms in total. The fourth-order valence-electron chi connectivity index (χ4n) is 2.82. The number of piperidine rings is 1. The average molecular weight is 212 g/mol. The highest BCUT2D eigenvalue weighted by atomic mass is 16.5.